The van der Waals surface area contributed by atoms with Crippen molar-refractivity contribution >= 4 is 28.5 Å². The molecule has 1 aromatic heterocycles. The molecule has 7 nitrogen and oxygen atoms in total. The predicted molar refractivity (Wildman–Crippen MR) is 99.2 cm³/mol. The normalized spacial score (nSPS) is 11.0. The molecule has 0 bridgehead atoms. The molecule has 0 radical (unpaired) electrons. The van der Waals surface area contributed by atoms with Crippen molar-refractivity contribution in [2.75, 3.05) is 13.2 Å². The van der Waals surface area contributed by atoms with Gasteiger partial charge in [0.15, 0.2) is 0 Å². The minimum Gasteiger partial charge on any atom is -0.457 e. The molecule has 0 aliphatic heterocycles. The summed E-state index contributed by atoms with van der Waals surface area (Å²) < 4.78 is 7.74. The quantitative estimate of drug-likeness (QED) is 0.560. The van der Waals surface area contributed by atoms with Crippen LogP contribution in [0.2, 0.25) is 5.02 Å². The third kappa shape index (κ3) is 4.32. The Labute approximate surface area is 155 Å². The number of nitrogens with one attached hydrogen (secondary N) is 1. The molecule has 1 heterocycles. The van der Waals surface area contributed by atoms with Gasteiger partial charge in [0, 0.05) is 17.6 Å². The van der Waals surface area contributed by atoms with Crippen LogP contribution in [0.4, 0.5) is 0 Å². The van der Waals surface area contributed by atoms with E-state index in [4.69, 9.17) is 22.1 Å². The molecular weight excluding hydrogens is 356 g/mol. The SMILES string of the molecule is NC(=O)CNCc1nc2ccc(Oc3cccc(Cl)c3)cc2n1CCO. The summed E-state index contributed by atoms with van der Waals surface area (Å²) >= 11 is 5.98. The summed E-state index contributed by atoms with van der Waals surface area (Å²) in [4.78, 5) is 15.4. The zero-order chi connectivity index (χ0) is 18.5. The fourth-order valence-corrected chi connectivity index (χ4v) is 2.84. The molecular formula is C18H19ClN4O3. The van der Waals surface area contributed by atoms with Crippen LogP contribution >= 0.6 is 11.6 Å². The Hall–Kier alpha value is -2.61. The van der Waals surface area contributed by atoms with Gasteiger partial charge in [-0.3, -0.25) is 4.79 Å². The first-order valence-electron chi connectivity index (χ1n) is 8.09. The number of aliphatic hydroxyl groups excluding tert-OH is 1. The fraction of sp³-hybridized carbons (Fsp3) is 0.222. The largest absolute Gasteiger partial charge is 0.457 e. The van der Waals surface area contributed by atoms with Crippen LogP contribution in [0, 0.1) is 0 Å². The van der Waals surface area contributed by atoms with Crippen molar-refractivity contribution < 1.29 is 14.6 Å². The van der Waals surface area contributed by atoms with Crippen molar-refractivity contribution in [1.82, 2.24) is 14.9 Å². The van der Waals surface area contributed by atoms with Gasteiger partial charge in [0.25, 0.3) is 0 Å². The highest BCUT2D eigenvalue weighted by molar-refractivity contribution is 6.30. The monoisotopic (exact) mass is 374 g/mol. The van der Waals surface area contributed by atoms with Crippen LogP contribution in [-0.4, -0.2) is 33.7 Å². The lowest BCUT2D eigenvalue weighted by molar-refractivity contribution is -0.117. The van der Waals surface area contributed by atoms with Crippen LogP contribution in [0.1, 0.15) is 5.82 Å². The second-order valence-electron chi connectivity index (χ2n) is 5.68. The van der Waals surface area contributed by atoms with Gasteiger partial charge in [-0.2, -0.15) is 0 Å². The Balaban J connectivity index is 1.89. The van der Waals surface area contributed by atoms with E-state index < -0.39 is 5.91 Å². The minimum atomic E-state index is -0.438. The van der Waals surface area contributed by atoms with Crippen LogP contribution in [0.25, 0.3) is 11.0 Å². The zero-order valence-corrected chi connectivity index (χ0v) is 14.7. The summed E-state index contributed by atoms with van der Waals surface area (Å²) in [5.74, 6) is 1.53. The van der Waals surface area contributed by atoms with Gasteiger partial charge in [0.05, 0.1) is 30.7 Å². The van der Waals surface area contributed by atoms with Crippen LogP contribution in [0.15, 0.2) is 42.5 Å². The highest BCUT2D eigenvalue weighted by Crippen LogP contribution is 2.27. The number of imidazole rings is 1. The van der Waals surface area contributed by atoms with E-state index in [1.54, 1.807) is 12.1 Å². The molecule has 0 saturated carbocycles. The molecule has 0 aliphatic carbocycles. The lowest BCUT2D eigenvalue weighted by Gasteiger charge is -2.09. The summed E-state index contributed by atoms with van der Waals surface area (Å²) in [6.45, 7) is 0.770. The van der Waals surface area contributed by atoms with Gasteiger partial charge in [-0.25, -0.2) is 4.98 Å². The fourth-order valence-electron chi connectivity index (χ4n) is 2.66. The van der Waals surface area contributed by atoms with Crippen LogP contribution in [-0.2, 0) is 17.9 Å². The molecule has 0 unspecified atom stereocenters. The maximum Gasteiger partial charge on any atom is 0.231 e. The van der Waals surface area contributed by atoms with Gasteiger partial charge in [-0.05, 0) is 30.3 Å². The van der Waals surface area contributed by atoms with Gasteiger partial charge in [-0.15, -0.1) is 0 Å². The Morgan fingerprint density at radius 2 is 2.08 bits per heavy atom. The highest BCUT2D eigenvalue weighted by Gasteiger charge is 2.12. The Bertz CT molecular complexity index is 926. The van der Waals surface area contributed by atoms with E-state index in [1.807, 2.05) is 34.9 Å². The summed E-state index contributed by atoms with van der Waals surface area (Å²) in [5, 5.41) is 12.9. The number of carbonyl (C=O) groups is 1. The molecule has 3 aromatic rings. The summed E-state index contributed by atoms with van der Waals surface area (Å²) in [6.07, 6.45) is 0. The third-order valence-corrected chi connectivity index (χ3v) is 3.97. The first-order chi connectivity index (χ1) is 12.6. The molecule has 0 atom stereocenters. The van der Waals surface area contributed by atoms with E-state index in [-0.39, 0.29) is 13.2 Å². The van der Waals surface area contributed by atoms with Gasteiger partial charge >= 0.3 is 0 Å². The van der Waals surface area contributed by atoms with Crippen molar-refractivity contribution in [3.05, 3.63) is 53.3 Å². The Kier molecular flexibility index (Phi) is 5.72. The topological polar surface area (TPSA) is 102 Å². The van der Waals surface area contributed by atoms with Gasteiger partial charge in [0.2, 0.25) is 5.91 Å². The number of aromatic nitrogens is 2. The number of benzene rings is 2. The molecule has 0 spiro atoms. The van der Waals surface area contributed by atoms with E-state index in [9.17, 15) is 9.90 Å². The van der Waals surface area contributed by atoms with Gasteiger partial charge < -0.3 is 25.5 Å². The number of primary amides is 1. The van der Waals surface area contributed by atoms with E-state index in [0.717, 1.165) is 11.0 Å². The van der Waals surface area contributed by atoms with Crippen molar-refractivity contribution in [2.45, 2.75) is 13.1 Å². The number of hydrogen-bond donors (Lipinski definition) is 3. The number of aliphatic hydroxyl groups is 1. The molecule has 8 heteroatoms. The number of nitrogens with two attached hydrogens (primary N) is 1. The number of rotatable bonds is 8. The van der Waals surface area contributed by atoms with Gasteiger partial charge in [-0.1, -0.05) is 17.7 Å². The Morgan fingerprint density at radius 3 is 2.81 bits per heavy atom. The van der Waals surface area contributed by atoms with E-state index >= 15 is 0 Å². The maximum atomic E-state index is 10.9. The first kappa shape index (κ1) is 18.2. The smallest absolute Gasteiger partial charge is 0.231 e. The second kappa shape index (κ2) is 8.18. The van der Waals surface area contributed by atoms with Crippen LogP contribution < -0.4 is 15.8 Å². The maximum absolute atomic E-state index is 10.9. The predicted octanol–water partition coefficient (Wildman–Crippen LogP) is 2.05. The first-order valence-corrected chi connectivity index (χ1v) is 8.47. The van der Waals surface area contributed by atoms with E-state index in [0.29, 0.717) is 35.4 Å². The highest BCUT2D eigenvalue weighted by atomic mass is 35.5. The molecule has 0 saturated heterocycles. The number of carbonyl (C=O) groups excluding carboxylic acids is 1. The second-order valence-corrected chi connectivity index (χ2v) is 6.12. The Morgan fingerprint density at radius 1 is 1.27 bits per heavy atom. The van der Waals surface area contributed by atoms with Gasteiger partial charge in [0.1, 0.15) is 17.3 Å². The third-order valence-electron chi connectivity index (χ3n) is 3.74. The summed E-state index contributed by atoms with van der Waals surface area (Å²) in [6, 6.07) is 12.7. The molecule has 2 aromatic carbocycles. The van der Waals surface area contributed by atoms with Crippen LogP contribution in [0.3, 0.4) is 0 Å². The lowest BCUT2D eigenvalue weighted by Crippen LogP contribution is -2.29. The standard InChI is InChI=1S/C18H19ClN4O3/c19-12-2-1-3-13(8-12)26-14-4-5-15-16(9-14)23(6-7-24)18(22-15)11-21-10-17(20)25/h1-5,8-9,21,24H,6-7,10-11H2,(H2,20,25). The number of nitrogens with zero attached hydrogens (tertiary/aromatic N) is 2. The number of halogens is 1. The molecule has 4 N–H and O–H groups in total. The average Bonchev–Trinajstić information content (AvgIpc) is 2.92. The summed E-state index contributed by atoms with van der Waals surface area (Å²) in [7, 11) is 0. The van der Waals surface area contributed by atoms with Crippen molar-refractivity contribution in [2.24, 2.45) is 5.73 Å². The molecule has 136 valence electrons. The van der Waals surface area contributed by atoms with E-state index in [2.05, 4.69) is 10.3 Å². The molecule has 26 heavy (non-hydrogen) atoms. The number of fused-ring (bicyclic) bond motifs is 1. The molecule has 0 fully saturated rings. The van der Waals surface area contributed by atoms with Crippen LogP contribution in [0.5, 0.6) is 11.5 Å². The van der Waals surface area contributed by atoms with Crippen molar-refractivity contribution in [3.63, 3.8) is 0 Å². The number of amides is 1. The van der Waals surface area contributed by atoms with Crippen molar-refractivity contribution in [1.29, 1.82) is 0 Å². The molecule has 3 rings (SSSR count). The van der Waals surface area contributed by atoms with E-state index in [1.165, 1.54) is 0 Å². The zero-order valence-electron chi connectivity index (χ0n) is 14.0. The molecule has 0 aliphatic rings. The number of ether oxygens (including phenoxy) is 1. The average molecular weight is 375 g/mol. The lowest BCUT2D eigenvalue weighted by atomic mass is 10.3. The molecule has 1 amide bonds. The minimum absolute atomic E-state index is 0.0341. The number of hydrogen-bond acceptors (Lipinski definition) is 5. The van der Waals surface area contributed by atoms with Crippen molar-refractivity contribution in [3.8, 4) is 11.5 Å². The summed E-state index contributed by atoms with van der Waals surface area (Å²) in [5.41, 5.74) is 6.74.